The van der Waals surface area contributed by atoms with Crippen LogP contribution in [0.15, 0.2) is 41.5 Å². The standard InChI is InChI=1S/C22H23N5O3S/c1-11-7-5-8-12(2)16(11)24-19(28)15-17(25-26-22(23)31)21(30)27(20(15)29)18-13(3)9-6-10-14(18)4/h5-10,15H,1-4H3,(H,24,28)(H3,23,26,31)/b25-17+. The number of nitrogens with two attached hydrogens (primary N) is 1. The minimum absolute atomic E-state index is 0.188. The predicted octanol–water partition coefficient (Wildman–Crippen LogP) is 2.24. The van der Waals surface area contributed by atoms with Crippen molar-refractivity contribution in [2.45, 2.75) is 27.7 Å². The molecule has 31 heavy (non-hydrogen) atoms. The molecule has 3 amide bonds. The number of aryl methyl sites for hydroxylation is 4. The minimum Gasteiger partial charge on any atom is -0.375 e. The Kier molecular flexibility index (Phi) is 6.16. The van der Waals surface area contributed by atoms with Crippen LogP contribution in [-0.4, -0.2) is 28.5 Å². The van der Waals surface area contributed by atoms with Gasteiger partial charge >= 0.3 is 0 Å². The molecule has 1 unspecified atom stereocenters. The van der Waals surface area contributed by atoms with E-state index in [0.717, 1.165) is 27.2 Å². The van der Waals surface area contributed by atoms with Crippen LogP contribution >= 0.6 is 12.2 Å². The van der Waals surface area contributed by atoms with Crippen LogP contribution in [-0.2, 0) is 14.4 Å². The van der Waals surface area contributed by atoms with E-state index in [-0.39, 0.29) is 10.8 Å². The number of amides is 3. The lowest BCUT2D eigenvalue weighted by Crippen LogP contribution is -2.36. The Labute approximate surface area is 185 Å². The highest BCUT2D eigenvalue weighted by atomic mass is 32.1. The Morgan fingerprint density at radius 3 is 2.03 bits per heavy atom. The molecule has 8 nitrogen and oxygen atoms in total. The molecule has 0 bridgehead atoms. The minimum atomic E-state index is -1.45. The first kappa shape index (κ1) is 22.1. The largest absolute Gasteiger partial charge is 0.375 e. The number of hydrazone groups is 1. The van der Waals surface area contributed by atoms with Crippen molar-refractivity contribution in [3.8, 4) is 0 Å². The highest BCUT2D eigenvalue weighted by Gasteiger charge is 2.50. The molecule has 0 saturated carbocycles. The summed E-state index contributed by atoms with van der Waals surface area (Å²) >= 11 is 4.76. The number of imide groups is 1. The second kappa shape index (κ2) is 8.65. The number of carbonyl (C=O) groups is 3. The van der Waals surface area contributed by atoms with Crippen LogP contribution in [0.2, 0.25) is 0 Å². The summed E-state index contributed by atoms with van der Waals surface area (Å²) in [5, 5.41) is 6.50. The van der Waals surface area contributed by atoms with Gasteiger partial charge in [0.1, 0.15) is 5.71 Å². The molecular weight excluding hydrogens is 414 g/mol. The lowest BCUT2D eigenvalue weighted by Gasteiger charge is -2.19. The molecule has 1 saturated heterocycles. The van der Waals surface area contributed by atoms with Crippen LogP contribution in [0.3, 0.4) is 0 Å². The molecule has 0 aromatic heterocycles. The number of nitrogens with zero attached hydrogens (tertiary/aromatic N) is 2. The fourth-order valence-corrected chi connectivity index (χ4v) is 3.67. The molecule has 1 fully saturated rings. The lowest BCUT2D eigenvalue weighted by atomic mass is 10.0. The molecule has 160 valence electrons. The van der Waals surface area contributed by atoms with Crippen molar-refractivity contribution in [1.29, 1.82) is 0 Å². The van der Waals surface area contributed by atoms with Crippen molar-refractivity contribution < 1.29 is 14.4 Å². The van der Waals surface area contributed by atoms with E-state index < -0.39 is 23.6 Å². The van der Waals surface area contributed by atoms with Gasteiger partial charge in [0.15, 0.2) is 11.0 Å². The summed E-state index contributed by atoms with van der Waals surface area (Å²) in [4.78, 5) is 40.7. The zero-order valence-corrected chi connectivity index (χ0v) is 18.5. The number of hydrogen-bond donors (Lipinski definition) is 3. The molecule has 1 aliphatic heterocycles. The van der Waals surface area contributed by atoms with E-state index in [0.29, 0.717) is 11.4 Å². The third-order valence-corrected chi connectivity index (χ3v) is 5.20. The Morgan fingerprint density at radius 2 is 1.52 bits per heavy atom. The molecule has 1 aliphatic rings. The third-order valence-electron chi connectivity index (χ3n) is 5.10. The summed E-state index contributed by atoms with van der Waals surface area (Å²) in [6.45, 7) is 7.27. The van der Waals surface area contributed by atoms with Gasteiger partial charge in [-0.2, -0.15) is 5.10 Å². The number of anilines is 2. The normalized spacial score (nSPS) is 17.2. The van der Waals surface area contributed by atoms with Crippen LogP contribution in [0, 0.1) is 33.6 Å². The summed E-state index contributed by atoms with van der Waals surface area (Å²) in [6.07, 6.45) is 0. The van der Waals surface area contributed by atoms with E-state index in [4.69, 9.17) is 18.0 Å². The van der Waals surface area contributed by atoms with Crippen molar-refractivity contribution >= 4 is 52.1 Å². The maximum Gasteiger partial charge on any atom is 0.282 e. The molecule has 0 spiro atoms. The van der Waals surface area contributed by atoms with Gasteiger partial charge in [0.25, 0.3) is 11.8 Å². The Hall–Kier alpha value is -3.59. The van der Waals surface area contributed by atoms with Crippen LogP contribution in [0.4, 0.5) is 11.4 Å². The first-order valence-corrected chi connectivity index (χ1v) is 9.99. The average molecular weight is 438 g/mol. The maximum absolute atomic E-state index is 13.3. The second-order valence-electron chi connectivity index (χ2n) is 7.38. The van der Waals surface area contributed by atoms with Gasteiger partial charge in [-0.3, -0.25) is 19.8 Å². The van der Waals surface area contributed by atoms with E-state index in [9.17, 15) is 14.4 Å². The highest BCUT2D eigenvalue weighted by molar-refractivity contribution is 7.80. The van der Waals surface area contributed by atoms with Crippen molar-refractivity contribution in [2.75, 3.05) is 10.2 Å². The Balaban J connectivity index is 2.07. The first-order valence-electron chi connectivity index (χ1n) is 9.58. The Morgan fingerprint density at radius 1 is 1.00 bits per heavy atom. The van der Waals surface area contributed by atoms with Gasteiger partial charge in [0.05, 0.1) is 5.69 Å². The van der Waals surface area contributed by atoms with E-state index in [1.54, 1.807) is 26.0 Å². The number of para-hydroxylation sites is 2. The number of carbonyl (C=O) groups excluding carboxylic acids is 3. The highest BCUT2D eigenvalue weighted by Crippen LogP contribution is 2.32. The lowest BCUT2D eigenvalue weighted by molar-refractivity contribution is -0.127. The van der Waals surface area contributed by atoms with Crippen LogP contribution in [0.25, 0.3) is 0 Å². The third kappa shape index (κ3) is 4.17. The van der Waals surface area contributed by atoms with Crippen molar-refractivity contribution in [3.63, 3.8) is 0 Å². The SMILES string of the molecule is Cc1cccc(C)c1NC(=O)C1C(=O)N(c2c(C)cccc2C)C(=O)/C1=N/NC(N)=S. The molecule has 1 heterocycles. The summed E-state index contributed by atoms with van der Waals surface area (Å²) < 4.78 is 0. The van der Waals surface area contributed by atoms with Gasteiger partial charge < -0.3 is 11.1 Å². The van der Waals surface area contributed by atoms with Crippen molar-refractivity contribution in [2.24, 2.45) is 16.8 Å². The first-order chi connectivity index (χ1) is 14.6. The molecule has 3 rings (SSSR count). The van der Waals surface area contributed by atoms with E-state index in [2.05, 4.69) is 15.8 Å². The molecule has 4 N–H and O–H groups in total. The summed E-state index contributed by atoms with van der Waals surface area (Å²) in [7, 11) is 0. The summed E-state index contributed by atoms with van der Waals surface area (Å²) in [5.41, 5.74) is 11.6. The van der Waals surface area contributed by atoms with Crippen molar-refractivity contribution in [1.82, 2.24) is 5.43 Å². The van der Waals surface area contributed by atoms with Gasteiger partial charge in [-0.15, -0.1) is 0 Å². The quantitative estimate of drug-likeness (QED) is 0.292. The number of thiocarbonyl (C=S) groups is 1. The predicted molar refractivity (Wildman–Crippen MR) is 124 cm³/mol. The maximum atomic E-state index is 13.3. The van der Waals surface area contributed by atoms with E-state index >= 15 is 0 Å². The smallest absolute Gasteiger partial charge is 0.282 e. The average Bonchev–Trinajstić information content (AvgIpc) is 2.93. The number of rotatable bonds is 4. The number of hydrogen-bond acceptors (Lipinski definition) is 5. The molecule has 1 atom stereocenters. The van der Waals surface area contributed by atoms with Gasteiger partial charge in [0, 0.05) is 5.69 Å². The number of nitrogens with one attached hydrogen (secondary N) is 2. The summed E-state index contributed by atoms with van der Waals surface area (Å²) in [6, 6.07) is 11.0. The topological polar surface area (TPSA) is 117 Å². The van der Waals surface area contributed by atoms with Gasteiger partial charge in [-0.05, 0) is 62.2 Å². The van der Waals surface area contributed by atoms with E-state index in [1.807, 2.05) is 38.1 Å². The monoisotopic (exact) mass is 437 g/mol. The molecule has 2 aromatic rings. The van der Waals surface area contributed by atoms with Gasteiger partial charge in [-0.1, -0.05) is 36.4 Å². The van der Waals surface area contributed by atoms with Crippen LogP contribution in [0.5, 0.6) is 0 Å². The van der Waals surface area contributed by atoms with Crippen LogP contribution in [0.1, 0.15) is 22.3 Å². The van der Waals surface area contributed by atoms with E-state index in [1.165, 1.54) is 0 Å². The van der Waals surface area contributed by atoms with Gasteiger partial charge in [0.2, 0.25) is 5.91 Å². The van der Waals surface area contributed by atoms with Gasteiger partial charge in [-0.25, -0.2) is 4.90 Å². The molecule has 0 aliphatic carbocycles. The zero-order chi connectivity index (χ0) is 22.9. The number of benzene rings is 2. The van der Waals surface area contributed by atoms with Crippen LogP contribution < -0.4 is 21.4 Å². The summed E-state index contributed by atoms with van der Waals surface area (Å²) in [5.74, 6) is -3.50. The fraction of sp³-hybridized carbons (Fsp3) is 0.227. The molecule has 2 aromatic carbocycles. The molecule has 9 heteroatoms. The Bertz CT molecular complexity index is 1100. The molecule has 0 radical (unpaired) electrons. The fourth-order valence-electron chi connectivity index (χ4n) is 3.63. The molecular formula is C22H23N5O3S. The second-order valence-corrected chi connectivity index (χ2v) is 7.82. The van der Waals surface area contributed by atoms with Crippen molar-refractivity contribution in [3.05, 3.63) is 58.7 Å². The zero-order valence-electron chi connectivity index (χ0n) is 17.6.